The van der Waals surface area contributed by atoms with Crippen LogP contribution in [0.25, 0.3) is 0 Å². The average molecular weight is 272 g/mol. The van der Waals surface area contributed by atoms with Crippen molar-refractivity contribution in [2.75, 3.05) is 7.11 Å². The Balaban J connectivity index is 2.32. The van der Waals surface area contributed by atoms with Crippen LogP contribution < -0.4 is 10.6 Å². The standard InChI is InChI=1S/C13H24N2O4/c1-13(2,7-6-11(16)17)15-12(18)14-9-4-5-10(8-9)19-3/h9-10H,4-8H2,1-3H3,(H,16,17)(H2,14,15,18). The molecule has 0 spiro atoms. The summed E-state index contributed by atoms with van der Waals surface area (Å²) in [5.74, 6) is -0.853. The maximum atomic E-state index is 11.8. The van der Waals surface area contributed by atoms with Crippen LogP contribution in [-0.2, 0) is 9.53 Å². The second kappa shape index (κ2) is 6.75. The molecule has 1 fully saturated rings. The van der Waals surface area contributed by atoms with Gasteiger partial charge in [-0.2, -0.15) is 0 Å². The van der Waals surface area contributed by atoms with Crippen molar-refractivity contribution in [1.29, 1.82) is 0 Å². The predicted octanol–water partition coefficient (Wildman–Crippen LogP) is 1.50. The number of urea groups is 1. The zero-order valence-corrected chi connectivity index (χ0v) is 11.9. The molecule has 0 aromatic rings. The van der Waals surface area contributed by atoms with Gasteiger partial charge in [0, 0.05) is 25.1 Å². The Labute approximate surface area is 113 Å². The zero-order valence-electron chi connectivity index (χ0n) is 11.9. The monoisotopic (exact) mass is 272 g/mol. The van der Waals surface area contributed by atoms with E-state index < -0.39 is 11.5 Å². The molecule has 3 N–H and O–H groups in total. The van der Waals surface area contributed by atoms with Gasteiger partial charge in [0.1, 0.15) is 0 Å². The Morgan fingerprint density at radius 3 is 2.58 bits per heavy atom. The number of aliphatic carboxylic acids is 1. The van der Waals surface area contributed by atoms with Gasteiger partial charge in [-0.15, -0.1) is 0 Å². The molecule has 110 valence electrons. The van der Waals surface area contributed by atoms with Gasteiger partial charge in [0.05, 0.1) is 6.10 Å². The molecule has 0 saturated heterocycles. The number of carboxylic acids is 1. The van der Waals surface area contributed by atoms with Crippen molar-refractivity contribution in [3.63, 3.8) is 0 Å². The third-order valence-corrected chi connectivity index (χ3v) is 3.47. The van der Waals surface area contributed by atoms with Gasteiger partial charge in [-0.1, -0.05) is 0 Å². The quantitative estimate of drug-likeness (QED) is 0.683. The smallest absolute Gasteiger partial charge is 0.315 e. The first-order valence-corrected chi connectivity index (χ1v) is 6.65. The van der Waals surface area contributed by atoms with Gasteiger partial charge in [0.15, 0.2) is 0 Å². The molecular formula is C13H24N2O4. The molecule has 2 atom stereocenters. The molecule has 0 aromatic carbocycles. The van der Waals surface area contributed by atoms with Crippen molar-refractivity contribution in [1.82, 2.24) is 10.6 Å². The highest BCUT2D eigenvalue weighted by atomic mass is 16.5. The Hall–Kier alpha value is -1.30. The Morgan fingerprint density at radius 1 is 1.37 bits per heavy atom. The summed E-state index contributed by atoms with van der Waals surface area (Å²) in [6, 6.07) is -0.0997. The van der Waals surface area contributed by atoms with Crippen molar-refractivity contribution >= 4 is 12.0 Å². The van der Waals surface area contributed by atoms with Crippen LogP contribution in [0.4, 0.5) is 4.79 Å². The van der Waals surface area contributed by atoms with E-state index in [1.807, 2.05) is 13.8 Å². The van der Waals surface area contributed by atoms with Gasteiger partial charge in [-0.3, -0.25) is 4.79 Å². The number of hydrogen-bond acceptors (Lipinski definition) is 3. The number of nitrogens with one attached hydrogen (secondary N) is 2. The highest BCUT2D eigenvalue weighted by Gasteiger charge is 2.27. The van der Waals surface area contributed by atoms with Crippen molar-refractivity contribution in [2.45, 2.75) is 63.6 Å². The minimum Gasteiger partial charge on any atom is -0.481 e. The predicted molar refractivity (Wildman–Crippen MR) is 71.1 cm³/mol. The number of carboxylic acid groups (broad SMARTS) is 1. The Morgan fingerprint density at radius 2 is 2.05 bits per heavy atom. The highest BCUT2D eigenvalue weighted by Crippen LogP contribution is 2.21. The van der Waals surface area contributed by atoms with Gasteiger partial charge in [0.2, 0.25) is 0 Å². The number of rotatable bonds is 6. The van der Waals surface area contributed by atoms with Crippen LogP contribution in [0.15, 0.2) is 0 Å². The number of carbonyl (C=O) groups is 2. The van der Waals surface area contributed by atoms with Crippen LogP contribution >= 0.6 is 0 Å². The van der Waals surface area contributed by atoms with E-state index in [1.165, 1.54) is 0 Å². The fourth-order valence-corrected chi connectivity index (χ4v) is 2.30. The van der Waals surface area contributed by atoms with Gasteiger partial charge >= 0.3 is 12.0 Å². The molecule has 1 aliphatic rings. The molecular weight excluding hydrogens is 248 g/mol. The van der Waals surface area contributed by atoms with Crippen LogP contribution in [0.3, 0.4) is 0 Å². The molecule has 0 bridgehead atoms. The van der Waals surface area contributed by atoms with Crippen molar-refractivity contribution in [2.24, 2.45) is 0 Å². The third kappa shape index (κ3) is 5.92. The second-order valence-corrected chi connectivity index (χ2v) is 5.74. The van der Waals surface area contributed by atoms with Crippen LogP contribution in [0.2, 0.25) is 0 Å². The number of carbonyl (C=O) groups excluding carboxylic acids is 1. The van der Waals surface area contributed by atoms with E-state index in [-0.39, 0.29) is 24.6 Å². The lowest BCUT2D eigenvalue weighted by molar-refractivity contribution is -0.137. The van der Waals surface area contributed by atoms with E-state index in [0.29, 0.717) is 6.42 Å². The van der Waals surface area contributed by atoms with E-state index in [1.54, 1.807) is 7.11 Å². The second-order valence-electron chi connectivity index (χ2n) is 5.74. The lowest BCUT2D eigenvalue weighted by Gasteiger charge is -2.26. The first-order chi connectivity index (χ1) is 8.82. The number of hydrogen-bond donors (Lipinski definition) is 3. The number of methoxy groups -OCH3 is 1. The molecule has 1 saturated carbocycles. The molecule has 0 aliphatic heterocycles. The Kier molecular flexibility index (Phi) is 5.60. The van der Waals surface area contributed by atoms with Gasteiger partial charge < -0.3 is 20.5 Å². The Bertz CT molecular complexity index is 331. The maximum Gasteiger partial charge on any atom is 0.315 e. The molecule has 6 nitrogen and oxygen atoms in total. The molecule has 0 radical (unpaired) electrons. The fraction of sp³-hybridized carbons (Fsp3) is 0.846. The first kappa shape index (κ1) is 15.8. The SMILES string of the molecule is COC1CCC(NC(=O)NC(C)(C)CCC(=O)O)C1. The van der Waals surface area contributed by atoms with Crippen LogP contribution in [0.1, 0.15) is 46.0 Å². The van der Waals surface area contributed by atoms with Gasteiger partial charge in [-0.05, 0) is 39.5 Å². The molecule has 2 unspecified atom stereocenters. The number of ether oxygens (including phenoxy) is 1. The summed E-state index contributed by atoms with van der Waals surface area (Å²) in [6.45, 7) is 3.64. The molecule has 1 aliphatic carbocycles. The molecule has 0 aromatic heterocycles. The largest absolute Gasteiger partial charge is 0.481 e. The van der Waals surface area contributed by atoms with Crippen LogP contribution in [0, 0.1) is 0 Å². The average Bonchev–Trinajstić information content (AvgIpc) is 2.73. The van der Waals surface area contributed by atoms with E-state index in [0.717, 1.165) is 19.3 Å². The molecule has 6 heteroatoms. The minimum absolute atomic E-state index is 0.0441. The lowest BCUT2D eigenvalue weighted by atomic mass is 9.99. The lowest BCUT2D eigenvalue weighted by Crippen LogP contribution is -2.50. The topological polar surface area (TPSA) is 87.7 Å². The van der Waals surface area contributed by atoms with Crippen molar-refractivity contribution in [3.8, 4) is 0 Å². The van der Waals surface area contributed by atoms with Crippen molar-refractivity contribution in [3.05, 3.63) is 0 Å². The summed E-state index contributed by atoms with van der Waals surface area (Å²) in [7, 11) is 1.68. The summed E-state index contributed by atoms with van der Waals surface area (Å²) in [5.41, 5.74) is -0.526. The summed E-state index contributed by atoms with van der Waals surface area (Å²) in [5, 5.41) is 14.4. The maximum absolute atomic E-state index is 11.8. The first-order valence-electron chi connectivity index (χ1n) is 6.65. The van der Waals surface area contributed by atoms with E-state index >= 15 is 0 Å². The number of amides is 2. The summed E-state index contributed by atoms with van der Waals surface area (Å²) in [4.78, 5) is 22.4. The summed E-state index contributed by atoms with van der Waals surface area (Å²) < 4.78 is 5.25. The molecule has 1 rings (SSSR count). The summed E-state index contributed by atoms with van der Waals surface area (Å²) >= 11 is 0. The van der Waals surface area contributed by atoms with Crippen LogP contribution in [-0.4, -0.2) is 41.9 Å². The highest BCUT2D eigenvalue weighted by molar-refractivity contribution is 5.75. The fourth-order valence-electron chi connectivity index (χ4n) is 2.30. The molecule has 19 heavy (non-hydrogen) atoms. The van der Waals surface area contributed by atoms with E-state index in [4.69, 9.17) is 9.84 Å². The third-order valence-electron chi connectivity index (χ3n) is 3.47. The normalized spacial score (nSPS) is 23.1. The van der Waals surface area contributed by atoms with E-state index in [9.17, 15) is 9.59 Å². The van der Waals surface area contributed by atoms with Crippen LogP contribution in [0.5, 0.6) is 0 Å². The zero-order chi connectivity index (χ0) is 14.5. The summed E-state index contributed by atoms with van der Waals surface area (Å²) in [6.07, 6.45) is 3.39. The van der Waals surface area contributed by atoms with Crippen molar-refractivity contribution < 1.29 is 19.4 Å². The molecule has 0 heterocycles. The van der Waals surface area contributed by atoms with E-state index in [2.05, 4.69) is 10.6 Å². The van der Waals surface area contributed by atoms with Gasteiger partial charge in [-0.25, -0.2) is 4.79 Å². The minimum atomic E-state index is -0.853. The molecule has 2 amide bonds. The van der Waals surface area contributed by atoms with Gasteiger partial charge in [0.25, 0.3) is 0 Å².